The number of hydrogen-bond donors (Lipinski definition) is 4. The quantitative estimate of drug-likeness (QED) is 0.352. The maximum atomic E-state index is 9.18. The van der Waals surface area contributed by atoms with Gasteiger partial charge in [-0.15, -0.1) is 0 Å². The Bertz CT molecular complexity index is 130. The first kappa shape index (κ1) is 7.94. The molecule has 0 aromatic rings. The fourth-order valence-corrected chi connectivity index (χ4v) is 1.28. The van der Waals surface area contributed by atoms with E-state index in [2.05, 4.69) is 0 Å². The zero-order valence-corrected chi connectivity index (χ0v) is 5.70. The lowest BCUT2D eigenvalue weighted by atomic mass is 9.98. The Hall–Kier alpha value is -0.160. The van der Waals surface area contributed by atoms with Crippen molar-refractivity contribution in [3.05, 3.63) is 0 Å². The van der Waals surface area contributed by atoms with Gasteiger partial charge in [-0.1, -0.05) is 0 Å². The zero-order valence-electron chi connectivity index (χ0n) is 5.70. The fourth-order valence-electron chi connectivity index (χ4n) is 1.28. The highest BCUT2D eigenvalue weighted by molar-refractivity contribution is 5.01. The number of rotatable bonds is 1. The smallest absolute Gasteiger partial charge is 0.1000 e. The molecule has 0 spiro atoms. The molecule has 1 aliphatic rings. The molecule has 1 fully saturated rings. The molecule has 10 heavy (non-hydrogen) atoms. The Labute approximate surface area is 59.3 Å². The van der Waals surface area contributed by atoms with Crippen molar-refractivity contribution < 1.29 is 15.3 Å². The molecule has 0 heterocycles. The zero-order chi connectivity index (χ0) is 7.78. The standard InChI is InChI=1S/C6H13NO3/c7-6(3-8)2-1-4(9)5(6)10/h4-5,8-10H,1-3,7H2. The van der Waals surface area contributed by atoms with Gasteiger partial charge >= 0.3 is 0 Å². The Morgan fingerprint density at radius 1 is 1.50 bits per heavy atom. The van der Waals surface area contributed by atoms with Crippen LogP contribution in [0.1, 0.15) is 12.8 Å². The summed E-state index contributed by atoms with van der Waals surface area (Å²) >= 11 is 0. The number of aliphatic hydroxyl groups is 3. The van der Waals surface area contributed by atoms with E-state index in [-0.39, 0.29) is 6.61 Å². The second kappa shape index (κ2) is 2.47. The number of hydrogen-bond acceptors (Lipinski definition) is 4. The first-order chi connectivity index (χ1) is 4.60. The minimum atomic E-state index is -0.975. The Morgan fingerprint density at radius 3 is 2.30 bits per heavy atom. The summed E-state index contributed by atoms with van der Waals surface area (Å²) < 4.78 is 0. The van der Waals surface area contributed by atoms with E-state index in [9.17, 15) is 5.11 Å². The fraction of sp³-hybridized carbons (Fsp3) is 1.00. The molecule has 0 aliphatic heterocycles. The molecule has 0 radical (unpaired) electrons. The molecule has 0 aromatic carbocycles. The van der Waals surface area contributed by atoms with Gasteiger partial charge in [0.15, 0.2) is 0 Å². The lowest BCUT2D eigenvalue weighted by Crippen LogP contribution is -2.52. The molecule has 4 heteroatoms. The van der Waals surface area contributed by atoms with Crippen LogP contribution in [0.2, 0.25) is 0 Å². The summed E-state index contributed by atoms with van der Waals surface area (Å²) in [6.07, 6.45) is -0.793. The summed E-state index contributed by atoms with van der Waals surface area (Å²) in [6.45, 7) is -0.273. The predicted molar refractivity (Wildman–Crippen MR) is 35.3 cm³/mol. The van der Waals surface area contributed by atoms with Crippen molar-refractivity contribution in [1.82, 2.24) is 0 Å². The van der Waals surface area contributed by atoms with Crippen LogP contribution >= 0.6 is 0 Å². The third-order valence-corrected chi connectivity index (χ3v) is 2.15. The van der Waals surface area contributed by atoms with Crippen LogP contribution in [-0.4, -0.2) is 39.7 Å². The van der Waals surface area contributed by atoms with Crippen LogP contribution in [0.5, 0.6) is 0 Å². The van der Waals surface area contributed by atoms with E-state index < -0.39 is 17.7 Å². The second-order valence-electron chi connectivity index (χ2n) is 2.94. The maximum Gasteiger partial charge on any atom is 0.1000 e. The third kappa shape index (κ3) is 1.03. The van der Waals surface area contributed by atoms with Gasteiger partial charge in [0.1, 0.15) is 0 Å². The predicted octanol–water partition coefficient (Wildman–Crippen LogP) is -1.81. The van der Waals surface area contributed by atoms with Crippen molar-refractivity contribution in [2.24, 2.45) is 5.73 Å². The molecule has 0 saturated heterocycles. The molecule has 0 aromatic heterocycles. The van der Waals surface area contributed by atoms with Gasteiger partial charge in [-0.25, -0.2) is 0 Å². The minimum absolute atomic E-state index is 0.273. The van der Waals surface area contributed by atoms with Crippen molar-refractivity contribution in [2.45, 2.75) is 30.6 Å². The van der Waals surface area contributed by atoms with Gasteiger partial charge in [0.05, 0.1) is 24.4 Å². The normalized spacial score (nSPS) is 48.0. The first-order valence-corrected chi connectivity index (χ1v) is 3.36. The highest BCUT2D eigenvalue weighted by Crippen LogP contribution is 2.27. The van der Waals surface area contributed by atoms with E-state index in [0.717, 1.165) is 0 Å². The molecular weight excluding hydrogens is 134 g/mol. The maximum absolute atomic E-state index is 9.18. The monoisotopic (exact) mass is 147 g/mol. The van der Waals surface area contributed by atoms with Gasteiger partial charge in [0.2, 0.25) is 0 Å². The first-order valence-electron chi connectivity index (χ1n) is 3.36. The van der Waals surface area contributed by atoms with Crippen molar-refractivity contribution >= 4 is 0 Å². The number of aliphatic hydroxyl groups excluding tert-OH is 3. The Morgan fingerprint density at radius 2 is 2.10 bits per heavy atom. The van der Waals surface area contributed by atoms with E-state index in [1.54, 1.807) is 0 Å². The summed E-state index contributed by atoms with van der Waals surface area (Å²) in [5, 5.41) is 26.9. The lowest BCUT2D eigenvalue weighted by Gasteiger charge is -2.25. The van der Waals surface area contributed by atoms with E-state index in [0.29, 0.717) is 12.8 Å². The van der Waals surface area contributed by atoms with Crippen molar-refractivity contribution in [3.8, 4) is 0 Å². The summed E-state index contributed by atoms with van der Waals surface area (Å²) in [4.78, 5) is 0. The molecule has 60 valence electrons. The van der Waals surface area contributed by atoms with Crippen LogP contribution in [0, 0.1) is 0 Å². The van der Waals surface area contributed by atoms with Gasteiger partial charge in [-0.2, -0.15) is 0 Å². The van der Waals surface area contributed by atoms with Crippen LogP contribution in [0.15, 0.2) is 0 Å². The summed E-state index contributed by atoms with van der Waals surface area (Å²) in [7, 11) is 0. The molecule has 4 nitrogen and oxygen atoms in total. The second-order valence-corrected chi connectivity index (χ2v) is 2.94. The van der Waals surface area contributed by atoms with E-state index in [1.165, 1.54) is 0 Å². The van der Waals surface area contributed by atoms with Crippen LogP contribution in [-0.2, 0) is 0 Å². The van der Waals surface area contributed by atoms with Crippen molar-refractivity contribution in [2.75, 3.05) is 6.61 Å². The Kier molecular flexibility index (Phi) is 1.96. The number of nitrogens with two attached hydrogens (primary N) is 1. The van der Waals surface area contributed by atoms with Gasteiger partial charge in [0.25, 0.3) is 0 Å². The van der Waals surface area contributed by atoms with E-state index >= 15 is 0 Å². The molecule has 1 rings (SSSR count). The van der Waals surface area contributed by atoms with Crippen molar-refractivity contribution in [3.63, 3.8) is 0 Å². The molecule has 1 saturated carbocycles. The van der Waals surface area contributed by atoms with Crippen molar-refractivity contribution in [1.29, 1.82) is 0 Å². The Balaban J connectivity index is 2.64. The highest BCUT2D eigenvalue weighted by Gasteiger charge is 2.43. The molecule has 3 atom stereocenters. The van der Waals surface area contributed by atoms with Crippen LogP contribution in [0.25, 0.3) is 0 Å². The summed E-state index contributed by atoms with van der Waals surface area (Å²) in [6, 6.07) is 0. The average Bonchev–Trinajstić information content (AvgIpc) is 2.19. The SMILES string of the molecule is NC1(CO)CCC(O)C1O. The topological polar surface area (TPSA) is 86.7 Å². The largest absolute Gasteiger partial charge is 0.394 e. The van der Waals surface area contributed by atoms with Gasteiger partial charge < -0.3 is 21.1 Å². The third-order valence-electron chi connectivity index (χ3n) is 2.15. The van der Waals surface area contributed by atoms with Gasteiger partial charge in [-0.05, 0) is 12.8 Å². The molecule has 1 aliphatic carbocycles. The van der Waals surface area contributed by atoms with Gasteiger partial charge in [-0.3, -0.25) is 0 Å². The molecule has 5 N–H and O–H groups in total. The van der Waals surface area contributed by atoms with Crippen LogP contribution < -0.4 is 5.73 Å². The van der Waals surface area contributed by atoms with Crippen LogP contribution in [0.3, 0.4) is 0 Å². The lowest BCUT2D eigenvalue weighted by molar-refractivity contribution is -0.00575. The molecule has 0 amide bonds. The van der Waals surface area contributed by atoms with Gasteiger partial charge in [0, 0.05) is 0 Å². The minimum Gasteiger partial charge on any atom is -0.394 e. The van der Waals surface area contributed by atoms with E-state index in [1.807, 2.05) is 0 Å². The highest BCUT2D eigenvalue weighted by atomic mass is 16.3. The average molecular weight is 147 g/mol. The summed E-state index contributed by atoms with van der Waals surface area (Å²) in [5.41, 5.74) is 4.56. The molecule has 0 bridgehead atoms. The molecular formula is C6H13NO3. The van der Waals surface area contributed by atoms with E-state index in [4.69, 9.17) is 15.9 Å². The van der Waals surface area contributed by atoms with Crippen LogP contribution in [0.4, 0.5) is 0 Å². The summed E-state index contributed by atoms with van der Waals surface area (Å²) in [5.74, 6) is 0. The molecule has 3 unspecified atom stereocenters.